The average molecular weight is 235 g/mol. The van der Waals surface area contributed by atoms with Gasteiger partial charge in [0, 0.05) is 5.25 Å². The Kier molecular flexibility index (Phi) is 3.46. The molecule has 0 amide bonds. The van der Waals surface area contributed by atoms with Crippen LogP contribution in [0.3, 0.4) is 0 Å². The Morgan fingerprint density at radius 1 is 1.46 bits per heavy atom. The summed E-state index contributed by atoms with van der Waals surface area (Å²) in [6.45, 7) is 0. The monoisotopic (exact) mass is 234 g/mol. The minimum atomic E-state index is 0.557. The lowest BCUT2D eigenvalue weighted by Gasteiger charge is -2.05. The molecule has 0 spiro atoms. The molecule has 0 radical (unpaired) electrons. The first-order valence-corrected chi connectivity index (χ1v) is 6.64. The summed E-state index contributed by atoms with van der Waals surface area (Å²) >= 11 is 8.94. The van der Waals surface area contributed by atoms with E-state index in [1.165, 1.54) is 37.2 Å². The highest BCUT2D eigenvalue weighted by Crippen LogP contribution is 2.31. The van der Waals surface area contributed by atoms with Gasteiger partial charge in [0.1, 0.15) is 0 Å². The molecule has 1 aliphatic carbocycles. The predicted octanol–water partition coefficient (Wildman–Crippen LogP) is 3.37. The first kappa shape index (κ1) is 9.74. The van der Waals surface area contributed by atoms with Gasteiger partial charge in [0.2, 0.25) is 4.47 Å². The summed E-state index contributed by atoms with van der Waals surface area (Å²) in [7, 11) is 0. The normalized spacial score (nSPS) is 18.2. The average Bonchev–Trinajstić information content (AvgIpc) is 2.71. The highest BCUT2D eigenvalue weighted by Gasteiger charge is 2.15. The molecule has 1 fully saturated rings. The van der Waals surface area contributed by atoms with Gasteiger partial charge in [-0.3, -0.25) is 0 Å². The topological polar surface area (TPSA) is 25.8 Å². The van der Waals surface area contributed by atoms with Crippen molar-refractivity contribution in [1.29, 1.82) is 0 Å². The van der Waals surface area contributed by atoms with E-state index in [4.69, 9.17) is 11.6 Å². The van der Waals surface area contributed by atoms with Crippen molar-refractivity contribution in [3.63, 3.8) is 0 Å². The maximum Gasteiger partial charge on any atom is 0.203 e. The third kappa shape index (κ3) is 2.82. The van der Waals surface area contributed by atoms with Crippen LogP contribution in [0.15, 0.2) is 0 Å². The molecule has 2 rings (SSSR count). The van der Waals surface area contributed by atoms with Gasteiger partial charge < -0.3 is 0 Å². The van der Waals surface area contributed by atoms with Crippen molar-refractivity contribution in [3.05, 3.63) is 10.3 Å². The van der Waals surface area contributed by atoms with Crippen molar-refractivity contribution in [2.24, 2.45) is 0 Å². The van der Waals surface area contributed by atoms with Crippen molar-refractivity contribution in [2.75, 3.05) is 0 Å². The first-order valence-electron chi connectivity index (χ1n) is 4.44. The quantitative estimate of drug-likeness (QED) is 0.802. The van der Waals surface area contributed by atoms with E-state index >= 15 is 0 Å². The van der Waals surface area contributed by atoms with Gasteiger partial charge in [-0.2, -0.15) is 16.1 Å². The van der Waals surface area contributed by atoms with Crippen molar-refractivity contribution < 1.29 is 0 Å². The number of hydrogen-bond acceptors (Lipinski definition) is 4. The van der Waals surface area contributed by atoms with Crippen LogP contribution in [0.5, 0.6) is 0 Å². The SMILES string of the molecule is Clc1nc(CSC2CCCC2)ns1. The summed E-state index contributed by atoms with van der Waals surface area (Å²) < 4.78 is 4.71. The highest BCUT2D eigenvalue weighted by atomic mass is 35.5. The van der Waals surface area contributed by atoms with E-state index in [2.05, 4.69) is 9.36 Å². The van der Waals surface area contributed by atoms with Gasteiger partial charge in [-0.1, -0.05) is 12.8 Å². The van der Waals surface area contributed by atoms with Crippen LogP contribution in [0.4, 0.5) is 0 Å². The van der Waals surface area contributed by atoms with Gasteiger partial charge in [0.15, 0.2) is 5.82 Å². The molecule has 0 atom stereocenters. The van der Waals surface area contributed by atoms with Gasteiger partial charge in [-0.05, 0) is 36.0 Å². The number of rotatable bonds is 3. The number of hydrogen-bond donors (Lipinski definition) is 0. The van der Waals surface area contributed by atoms with Crippen LogP contribution < -0.4 is 0 Å². The fourth-order valence-electron chi connectivity index (χ4n) is 1.54. The van der Waals surface area contributed by atoms with Crippen molar-refractivity contribution >= 4 is 34.9 Å². The Morgan fingerprint density at radius 2 is 2.23 bits per heavy atom. The minimum absolute atomic E-state index is 0.557. The van der Waals surface area contributed by atoms with Crippen LogP contribution in [0.1, 0.15) is 31.5 Å². The molecule has 1 saturated carbocycles. The van der Waals surface area contributed by atoms with E-state index in [1.807, 2.05) is 11.8 Å². The molecule has 1 aromatic rings. The van der Waals surface area contributed by atoms with Crippen molar-refractivity contribution in [3.8, 4) is 0 Å². The summed E-state index contributed by atoms with van der Waals surface area (Å²) in [5.74, 6) is 1.82. The maximum atomic E-state index is 5.69. The number of nitrogens with zero attached hydrogens (tertiary/aromatic N) is 2. The van der Waals surface area contributed by atoms with E-state index in [1.54, 1.807) is 0 Å². The Balaban J connectivity index is 1.78. The van der Waals surface area contributed by atoms with Gasteiger partial charge in [-0.25, -0.2) is 4.98 Å². The fourth-order valence-corrected chi connectivity index (χ4v) is 3.43. The van der Waals surface area contributed by atoms with Crippen LogP contribution >= 0.6 is 34.9 Å². The molecule has 2 nitrogen and oxygen atoms in total. The smallest absolute Gasteiger partial charge is 0.203 e. The van der Waals surface area contributed by atoms with Crippen LogP contribution in [0.25, 0.3) is 0 Å². The van der Waals surface area contributed by atoms with Crippen molar-refractivity contribution in [1.82, 2.24) is 9.36 Å². The molecule has 1 heterocycles. The molecule has 5 heteroatoms. The molecule has 72 valence electrons. The second-order valence-corrected chi connectivity index (χ2v) is 5.80. The van der Waals surface area contributed by atoms with Gasteiger partial charge in [0.25, 0.3) is 0 Å². The molecule has 0 unspecified atom stereocenters. The van der Waals surface area contributed by atoms with Gasteiger partial charge >= 0.3 is 0 Å². The maximum absolute atomic E-state index is 5.69. The highest BCUT2D eigenvalue weighted by molar-refractivity contribution is 7.99. The lowest BCUT2D eigenvalue weighted by Crippen LogP contribution is -1.95. The van der Waals surface area contributed by atoms with E-state index in [0.29, 0.717) is 4.47 Å². The molecular formula is C8H11ClN2S2. The zero-order valence-electron chi connectivity index (χ0n) is 7.20. The van der Waals surface area contributed by atoms with Crippen LogP contribution in [0.2, 0.25) is 4.47 Å². The molecule has 13 heavy (non-hydrogen) atoms. The second kappa shape index (κ2) is 4.62. The third-order valence-corrected chi connectivity index (χ3v) is 4.40. The molecule has 1 aromatic heterocycles. The minimum Gasteiger partial charge on any atom is -0.207 e. The molecule has 0 saturated heterocycles. The van der Waals surface area contributed by atoms with Gasteiger partial charge in [-0.15, -0.1) is 0 Å². The Morgan fingerprint density at radius 3 is 2.85 bits per heavy atom. The van der Waals surface area contributed by atoms with Crippen LogP contribution in [-0.4, -0.2) is 14.6 Å². The van der Waals surface area contributed by atoms with E-state index in [9.17, 15) is 0 Å². The summed E-state index contributed by atoms with van der Waals surface area (Å²) in [6, 6.07) is 0. The predicted molar refractivity (Wildman–Crippen MR) is 58.5 cm³/mol. The third-order valence-electron chi connectivity index (χ3n) is 2.19. The second-order valence-electron chi connectivity index (χ2n) is 3.18. The van der Waals surface area contributed by atoms with Crippen LogP contribution in [-0.2, 0) is 5.75 Å². The van der Waals surface area contributed by atoms with Gasteiger partial charge in [0.05, 0.1) is 5.75 Å². The van der Waals surface area contributed by atoms with Crippen LogP contribution in [0, 0.1) is 0 Å². The molecule has 0 aliphatic heterocycles. The Hall–Kier alpha value is 0.200. The lowest BCUT2D eigenvalue weighted by atomic mass is 10.4. The summed E-state index contributed by atoms with van der Waals surface area (Å²) in [5, 5.41) is 0.835. The molecule has 1 aliphatic rings. The zero-order chi connectivity index (χ0) is 9.10. The fraction of sp³-hybridized carbons (Fsp3) is 0.750. The van der Waals surface area contributed by atoms with Crippen molar-refractivity contribution in [2.45, 2.75) is 36.7 Å². The van der Waals surface area contributed by atoms with E-state index in [0.717, 1.165) is 16.8 Å². The molecule has 0 aromatic carbocycles. The molecule has 0 N–H and O–H groups in total. The van der Waals surface area contributed by atoms with E-state index < -0.39 is 0 Å². The number of halogens is 1. The lowest BCUT2D eigenvalue weighted by molar-refractivity contribution is 0.886. The molecule has 0 bridgehead atoms. The number of thioether (sulfide) groups is 1. The first-order chi connectivity index (χ1) is 6.34. The van der Waals surface area contributed by atoms with E-state index in [-0.39, 0.29) is 0 Å². The largest absolute Gasteiger partial charge is 0.207 e. The standard InChI is InChI=1S/C8H11ClN2S2/c9-8-10-7(11-13-8)5-12-6-3-1-2-4-6/h6H,1-5H2. The summed E-state index contributed by atoms with van der Waals surface area (Å²) in [5.41, 5.74) is 0. The Bertz CT molecular complexity index is 271. The summed E-state index contributed by atoms with van der Waals surface area (Å²) in [6.07, 6.45) is 5.51. The Labute approximate surface area is 91.3 Å². The zero-order valence-corrected chi connectivity index (χ0v) is 9.59. The molecular weight excluding hydrogens is 224 g/mol. The summed E-state index contributed by atoms with van der Waals surface area (Å²) in [4.78, 5) is 4.12. The number of aromatic nitrogens is 2.